The van der Waals surface area contributed by atoms with Crippen LogP contribution in [0.15, 0.2) is 12.7 Å². The van der Waals surface area contributed by atoms with Crippen molar-refractivity contribution in [1.82, 2.24) is 10.6 Å². The predicted molar refractivity (Wildman–Crippen MR) is 61.7 cm³/mol. The molecule has 0 rings (SSSR count). The molecule has 0 aromatic carbocycles. The lowest BCUT2D eigenvalue weighted by Gasteiger charge is -2.25. The van der Waals surface area contributed by atoms with Crippen LogP contribution in [0.2, 0.25) is 0 Å². The lowest BCUT2D eigenvalue weighted by molar-refractivity contribution is 0.191. The molecule has 0 aliphatic heterocycles. The lowest BCUT2D eigenvalue weighted by atomic mass is 9.88. The molecule has 2 amide bonds. The van der Waals surface area contributed by atoms with E-state index < -0.39 is 0 Å². The van der Waals surface area contributed by atoms with E-state index in [1.165, 1.54) is 0 Å². The summed E-state index contributed by atoms with van der Waals surface area (Å²) in [7, 11) is 0. The van der Waals surface area contributed by atoms with Crippen molar-refractivity contribution < 1.29 is 9.90 Å². The highest BCUT2D eigenvalue weighted by Gasteiger charge is 2.19. The number of amides is 2. The van der Waals surface area contributed by atoms with E-state index in [9.17, 15) is 4.79 Å². The van der Waals surface area contributed by atoms with Crippen LogP contribution in [0, 0.1) is 5.41 Å². The summed E-state index contributed by atoms with van der Waals surface area (Å²) < 4.78 is 0. The second-order valence-corrected chi connectivity index (χ2v) is 4.79. The van der Waals surface area contributed by atoms with Gasteiger partial charge in [0.2, 0.25) is 0 Å². The molecule has 0 aromatic rings. The summed E-state index contributed by atoms with van der Waals surface area (Å²) in [4.78, 5) is 11.3. The molecule has 15 heavy (non-hydrogen) atoms. The standard InChI is InChI=1S/C11H22N2O2/c1-5-6-12-10(15)13-9(8-14)7-11(2,3)4/h5,9,14H,1,6-8H2,2-4H3,(H2,12,13,15). The average Bonchev–Trinajstić information content (AvgIpc) is 2.11. The van der Waals surface area contributed by atoms with Gasteiger partial charge < -0.3 is 15.7 Å². The van der Waals surface area contributed by atoms with Crippen molar-refractivity contribution in [2.24, 2.45) is 5.41 Å². The molecule has 0 radical (unpaired) electrons. The van der Waals surface area contributed by atoms with Crippen molar-refractivity contribution in [3.63, 3.8) is 0 Å². The van der Waals surface area contributed by atoms with E-state index in [1.807, 2.05) is 0 Å². The molecule has 4 nitrogen and oxygen atoms in total. The van der Waals surface area contributed by atoms with Gasteiger partial charge in [0, 0.05) is 6.54 Å². The Morgan fingerprint density at radius 1 is 1.53 bits per heavy atom. The van der Waals surface area contributed by atoms with Crippen molar-refractivity contribution in [3.05, 3.63) is 12.7 Å². The molecule has 0 spiro atoms. The predicted octanol–water partition coefficient (Wildman–Crippen LogP) is 1.27. The number of aliphatic hydroxyl groups is 1. The quantitative estimate of drug-likeness (QED) is 0.603. The van der Waals surface area contributed by atoms with Crippen molar-refractivity contribution >= 4 is 6.03 Å². The van der Waals surface area contributed by atoms with Crippen molar-refractivity contribution in [1.29, 1.82) is 0 Å². The Balaban J connectivity index is 3.98. The van der Waals surface area contributed by atoms with Gasteiger partial charge in [-0.25, -0.2) is 4.79 Å². The maximum atomic E-state index is 11.3. The zero-order valence-corrected chi connectivity index (χ0v) is 9.84. The summed E-state index contributed by atoms with van der Waals surface area (Å²) in [5.41, 5.74) is 0.0825. The van der Waals surface area contributed by atoms with Gasteiger partial charge in [0.25, 0.3) is 0 Å². The molecule has 0 heterocycles. The third-order valence-electron chi connectivity index (χ3n) is 1.82. The summed E-state index contributed by atoms with van der Waals surface area (Å²) in [5, 5.41) is 14.4. The normalized spacial score (nSPS) is 13.1. The topological polar surface area (TPSA) is 61.4 Å². The third kappa shape index (κ3) is 8.00. The van der Waals surface area contributed by atoms with E-state index in [0.29, 0.717) is 6.54 Å². The Morgan fingerprint density at radius 2 is 2.13 bits per heavy atom. The van der Waals surface area contributed by atoms with Crippen LogP contribution in [0.25, 0.3) is 0 Å². The molecule has 0 bridgehead atoms. The Kier molecular flexibility index (Phi) is 6.01. The monoisotopic (exact) mass is 214 g/mol. The number of carbonyl (C=O) groups is 1. The van der Waals surface area contributed by atoms with Gasteiger partial charge in [-0.05, 0) is 11.8 Å². The molecule has 0 aromatic heterocycles. The highest BCUT2D eigenvalue weighted by atomic mass is 16.3. The lowest BCUT2D eigenvalue weighted by Crippen LogP contribution is -2.45. The van der Waals surface area contributed by atoms with Gasteiger partial charge in [-0.3, -0.25) is 0 Å². The molecule has 0 aliphatic rings. The minimum absolute atomic E-state index is 0.0429. The SMILES string of the molecule is C=CCNC(=O)NC(CO)CC(C)(C)C. The van der Waals surface area contributed by atoms with Gasteiger partial charge in [-0.2, -0.15) is 0 Å². The second kappa shape index (κ2) is 6.45. The maximum Gasteiger partial charge on any atom is 0.315 e. The first-order valence-electron chi connectivity index (χ1n) is 5.15. The Bertz CT molecular complexity index is 209. The molecule has 88 valence electrons. The van der Waals surface area contributed by atoms with Crippen LogP contribution in [0.1, 0.15) is 27.2 Å². The maximum absolute atomic E-state index is 11.3. The fourth-order valence-corrected chi connectivity index (χ4v) is 1.30. The van der Waals surface area contributed by atoms with E-state index in [2.05, 4.69) is 38.0 Å². The molecule has 0 fully saturated rings. The summed E-state index contributed by atoms with van der Waals surface area (Å²) in [6.45, 7) is 10.1. The first-order valence-corrected chi connectivity index (χ1v) is 5.15. The number of urea groups is 1. The smallest absolute Gasteiger partial charge is 0.315 e. The fourth-order valence-electron chi connectivity index (χ4n) is 1.30. The molecule has 1 atom stereocenters. The Hall–Kier alpha value is -1.03. The fraction of sp³-hybridized carbons (Fsp3) is 0.727. The first kappa shape index (κ1) is 14.0. The van der Waals surface area contributed by atoms with Crippen LogP contribution in [-0.2, 0) is 0 Å². The van der Waals surface area contributed by atoms with Gasteiger partial charge in [0.05, 0.1) is 12.6 Å². The Labute approximate surface area is 91.8 Å². The molecule has 4 heteroatoms. The van der Waals surface area contributed by atoms with Crippen molar-refractivity contribution in [3.8, 4) is 0 Å². The second-order valence-electron chi connectivity index (χ2n) is 4.79. The van der Waals surface area contributed by atoms with Crippen LogP contribution in [0.4, 0.5) is 4.79 Å². The van der Waals surface area contributed by atoms with Crippen LogP contribution < -0.4 is 10.6 Å². The van der Waals surface area contributed by atoms with Crippen molar-refractivity contribution in [2.45, 2.75) is 33.2 Å². The molecule has 0 saturated carbocycles. The minimum Gasteiger partial charge on any atom is -0.394 e. The Morgan fingerprint density at radius 3 is 2.53 bits per heavy atom. The largest absolute Gasteiger partial charge is 0.394 e. The van der Waals surface area contributed by atoms with E-state index in [4.69, 9.17) is 5.11 Å². The molecular weight excluding hydrogens is 192 g/mol. The highest BCUT2D eigenvalue weighted by Crippen LogP contribution is 2.20. The molecule has 0 saturated heterocycles. The van der Waals surface area contributed by atoms with Crippen LogP contribution in [0.5, 0.6) is 0 Å². The van der Waals surface area contributed by atoms with E-state index in [1.54, 1.807) is 6.08 Å². The number of nitrogens with one attached hydrogen (secondary N) is 2. The van der Waals surface area contributed by atoms with Gasteiger partial charge in [0.1, 0.15) is 0 Å². The summed E-state index contributed by atoms with van der Waals surface area (Å²) in [6, 6.07) is -0.465. The van der Waals surface area contributed by atoms with Crippen molar-refractivity contribution in [2.75, 3.05) is 13.2 Å². The summed E-state index contributed by atoms with van der Waals surface area (Å²) in [5.74, 6) is 0. The number of carbonyl (C=O) groups excluding carboxylic acids is 1. The van der Waals surface area contributed by atoms with Gasteiger partial charge in [-0.1, -0.05) is 26.8 Å². The average molecular weight is 214 g/mol. The van der Waals surface area contributed by atoms with Crippen LogP contribution >= 0.6 is 0 Å². The van der Waals surface area contributed by atoms with E-state index in [0.717, 1.165) is 6.42 Å². The zero-order valence-electron chi connectivity index (χ0n) is 9.84. The number of hydrogen-bond donors (Lipinski definition) is 3. The molecule has 1 unspecified atom stereocenters. The first-order chi connectivity index (χ1) is 6.89. The third-order valence-corrected chi connectivity index (χ3v) is 1.82. The van der Waals surface area contributed by atoms with Crippen LogP contribution in [-0.4, -0.2) is 30.3 Å². The zero-order chi connectivity index (χ0) is 11.9. The highest BCUT2D eigenvalue weighted by molar-refractivity contribution is 5.74. The van der Waals surface area contributed by atoms with E-state index in [-0.39, 0.29) is 24.1 Å². The summed E-state index contributed by atoms with van der Waals surface area (Å²) >= 11 is 0. The summed E-state index contributed by atoms with van der Waals surface area (Å²) in [6.07, 6.45) is 2.35. The molecule has 0 aliphatic carbocycles. The minimum atomic E-state index is -0.266. The van der Waals surface area contributed by atoms with Gasteiger partial charge >= 0.3 is 6.03 Å². The van der Waals surface area contributed by atoms with Crippen LogP contribution in [0.3, 0.4) is 0 Å². The number of aliphatic hydroxyl groups excluding tert-OH is 1. The van der Waals surface area contributed by atoms with Gasteiger partial charge in [0.15, 0.2) is 0 Å². The van der Waals surface area contributed by atoms with Gasteiger partial charge in [-0.15, -0.1) is 6.58 Å². The number of rotatable bonds is 5. The van der Waals surface area contributed by atoms with E-state index >= 15 is 0 Å². The molecular formula is C11H22N2O2. The molecule has 3 N–H and O–H groups in total. The number of hydrogen-bond acceptors (Lipinski definition) is 2.